The Balaban J connectivity index is 1.17. The molecule has 8 aromatic carbocycles. The first-order chi connectivity index (χ1) is 27.3. The van der Waals surface area contributed by atoms with Crippen LogP contribution in [0, 0.1) is 0 Å². The summed E-state index contributed by atoms with van der Waals surface area (Å²) >= 11 is 0. The summed E-state index contributed by atoms with van der Waals surface area (Å²) in [6.07, 6.45) is 0. The summed E-state index contributed by atoms with van der Waals surface area (Å²) in [5, 5.41) is 5.93. The highest BCUT2D eigenvalue weighted by Crippen LogP contribution is 2.64. The summed E-state index contributed by atoms with van der Waals surface area (Å²) in [6, 6.07) is 65.7. The molecule has 0 saturated carbocycles. The van der Waals surface area contributed by atoms with Crippen molar-refractivity contribution in [3.63, 3.8) is 0 Å². The van der Waals surface area contributed by atoms with Crippen LogP contribution in [0.15, 0.2) is 186 Å². The van der Waals surface area contributed by atoms with Crippen LogP contribution < -0.4 is 4.74 Å². The van der Waals surface area contributed by atoms with E-state index >= 15 is 0 Å². The molecule has 1 aliphatic heterocycles. The van der Waals surface area contributed by atoms with E-state index in [0.717, 1.165) is 45.2 Å². The van der Waals surface area contributed by atoms with Crippen LogP contribution in [0.2, 0.25) is 0 Å². The molecular weight excluding hydrogens is 673 g/mol. The first kappa shape index (κ1) is 29.2. The zero-order valence-electron chi connectivity index (χ0n) is 29.5. The molecular formula is C51H30N2O2. The maximum atomic E-state index is 7.10. The number of rotatable bonds is 2. The van der Waals surface area contributed by atoms with Crippen molar-refractivity contribution < 1.29 is 9.15 Å². The summed E-state index contributed by atoms with van der Waals surface area (Å²) in [5.41, 5.74) is 12.7. The van der Waals surface area contributed by atoms with Crippen LogP contribution in [0.1, 0.15) is 22.5 Å². The van der Waals surface area contributed by atoms with Crippen LogP contribution in [-0.2, 0) is 5.41 Å². The van der Waals surface area contributed by atoms with Crippen molar-refractivity contribution in [1.29, 1.82) is 0 Å². The molecule has 4 heteroatoms. The molecule has 0 atom stereocenters. The Hall–Kier alpha value is -7.30. The summed E-state index contributed by atoms with van der Waals surface area (Å²) in [7, 11) is 0. The number of hydrogen-bond acceptors (Lipinski definition) is 2. The van der Waals surface area contributed by atoms with Gasteiger partial charge in [0, 0.05) is 38.5 Å². The number of hydrogen-bond donors (Lipinski definition) is 0. The van der Waals surface area contributed by atoms with E-state index in [-0.39, 0.29) is 0 Å². The summed E-state index contributed by atoms with van der Waals surface area (Å²) in [6.45, 7) is 0. The second kappa shape index (κ2) is 10.4. The van der Waals surface area contributed by atoms with Gasteiger partial charge in [0.1, 0.15) is 16.7 Å². The first-order valence-corrected chi connectivity index (χ1v) is 18.8. The average molecular weight is 703 g/mol. The van der Waals surface area contributed by atoms with Gasteiger partial charge in [-0.2, -0.15) is 0 Å². The van der Waals surface area contributed by atoms with E-state index < -0.39 is 5.41 Å². The van der Waals surface area contributed by atoms with Gasteiger partial charge in [-0.1, -0.05) is 115 Å². The third-order valence-corrected chi connectivity index (χ3v) is 12.2. The van der Waals surface area contributed by atoms with Gasteiger partial charge in [0.2, 0.25) is 0 Å². The fraction of sp³-hybridized carbons (Fsp3) is 0.0196. The topological polar surface area (TPSA) is 32.2 Å². The number of ether oxygens (including phenoxy) is 1. The Labute approximate surface area is 315 Å². The predicted octanol–water partition coefficient (Wildman–Crippen LogP) is 13.1. The Morgan fingerprint density at radius 1 is 0.382 bits per heavy atom. The predicted molar refractivity (Wildman–Crippen MR) is 222 cm³/mol. The van der Waals surface area contributed by atoms with Crippen molar-refractivity contribution in [2.75, 3.05) is 0 Å². The lowest BCUT2D eigenvalue weighted by molar-refractivity contribution is 0.389. The second-order valence-corrected chi connectivity index (χ2v) is 14.8. The molecule has 4 nitrogen and oxygen atoms in total. The van der Waals surface area contributed by atoms with Crippen LogP contribution in [0.4, 0.5) is 0 Å². The lowest BCUT2D eigenvalue weighted by Gasteiger charge is -2.36. The van der Waals surface area contributed by atoms with Gasteiger partial charge in [-0.3, -0.25) is 0 Å². The monoisotopic (exact) mass is 702 g/mol. The Kier molecular flexibility index (Phi) is 5.54. The van der Waals surface area contributed by atoms with Gasteiger partial charge in [0.25, 0.3) is 0 Å². The third kappa shape index (κ3) is 3.61. The van der Waals surface area contributed by atoms with Crippen molar-refractivity contribution in [2.45, 2.75) is 5.41 Å². The normalized spacial score (nSPS) is 13.7. The highest BCUT2D eigenvalue weighted by Gasteiger charge is 2.54. The van der Waals surface area contributed by atoms with Crippen molar-refractivity contribution in [3.8, 4) is 34.0 Å². The molecule has 3 aromatic heterocycles. The van der Waals surface area contributed by atoms with Crippen LogP contribution in [-0.4, -0.2) is 9.13 Å². The maximum Gasteiger partial charge on any atom is 0.178 e. The SMILES string of the molecule is c1ccc2c(c1)Oc1c(oc3ccccc13)C21c2cc(-n3c4ccccc4c4ccccc43)ccc2-c2ccc(-n3c4ccccc4c4ccccc43)cc21. The minimum absolute atomic E-state index is 0.776. The molecule has 256 valence electrons. The molecule has 0 bridgehead atoms. The molecule has 0 N–H and O–H groups in total. The van der Waals surface area contributed by atoms with E-state index in [1.807, 2.05) is 6.07 Å². The molecule has 1 aliphatic carbocycles. The molecule has 1 spiro atoms. The van der Waals surface area contributed by atoms with E-state index in [0.29, 0.717) is 0 Å². The summed E-state index contributed by atoms with van der Waals surface area (Å²) in [4.78, 5) is 0. The van der Waals surface area contributed by atoms with E-state index in [2.05, 4.69) is 185 Å². The minimum Gasteiger partial charge on any atom is -0.455 e. The van der Waals surface area contributed by atoms with Crippen molar-refractivity contribution in [3.05, 3.63) is 204 Å². The van der Waals surface area contributed by atoms with Crippen molar-refractivity contribution in [2.24, 2.45) is 0 Å². The molecule has 11 aromatic rings. The fourth-order valence-electron chi connectivity index (χ4n) is 9.98. The van der Waals surface area contributed by atoms with Gasteiger partial charge in [-0.15, -0.1) is 0 Å². The second-order valence-electron chi connectivity index (χ2n) is 14.8. The van der Waals surface area contributed by atoms with E-state index in [1.54, 1.807) is 0 Å². The van der Waals surface area contributed by atoms with Crippen LogP contribution in [0.5, 0.6) is 11.5 Å². The average Bonchev–Trinajstić information content (AvgIpc) is 3.97. The summed E-state index contributed by atoms with van der Waals surface area (Å²) < 4.78 is 18.8. The zero-order valence-corrected chi connectivity index (χ0v) is 29.5. The molecule has 2 aliphatic rings. The number of para-hydroxylation sites is 6. The minimum atomic E-state index is -0.808. The van der Waals surface area contributed by atoms with E-state index in [9.17, 15) is 0 Å². The molecule has 0 saturated heterocycles. The highest BCUT2D eigenvalue weighted by molar-refractivity contribution is 6.10. The van der Waals surface area contributed by atoms with Crippen molar-refractivity contribution >= 4 is 54.6 Å². The molecule has 0 unspecified atom stereocenters. The lowest BCUT2D eigenvalue weighted by Crippen LogP contribution is -2.31. The molecule has 13 rings (SSSR count). The van der Waals surface area contributed by atoms with E-state index in [1.165, 1.54) is 65.9 Å². The van der Waals surface area contributed by atoms with Gasteiger partial charge in [0.05, 0.1) is 27.5 Å². The number of fused-ring (bicyclic) bond motifs is 17. The van der Waals surface area contributed by atoms with Gasteiger partial charge in [0.15, 0.2) is 11.5 Å². The molecule has 0 radical (unpaired) electrons. The lowest BCUT2D eigenvalue weighted by atomic mass is 9.69. The molecule has 0 amide bonds. The van der Waals surface area contributed by atoms with Crippen molar-refractivity contribution in [1.82, 2.24) is 9.13 Å². The quantitative estimate of drug-likeness (QED) is 0.180. The Bertz CT molecular complexity index is 3160. The van der Waals surface area contributed by atoms with Crippen LogP contribution in [0.25, 0.3) is 77.1 Å². The van der Waals surface area contributed by atoms with Gasteiger partial charge in [-0.25, -0.2) is 0 Å². The number of furan rings is 1. The number of benzene rings is 8. The smallest absolute Gasteiger partial charge is 0.178 e. The molecule has 4 heterocycles. The number of aromatic nitrogens is 2. The zero-order chi connectivity index (χ0) is 35.8. The van der Waals surface area contributed by atoms with Gasteiger partial charge in [-0.05, 0) is 89.0 Å². The van der Waals surface area contributed by atoms with Crippen LogP contribution >= 0.6 is 0 Å². The largest absolute Gasteiger partial charge is 0.455 e. The highest BCUT2D eigenvalue weighted by atomic mass is 16.5. The van der Waals surface area contributed by atoms with Gasteiger partial charge >= 0.3 is 0 Å². The summed E-state index contributed by atoms with van der Waals surface area (Å²) in [5.74, 6) is 2.42. The molecule has 55 heavy (non-hydrogen) atoms. The molecule has 0 fully saturated rings. The standard InChI is InChI=1S/C51H30N2O2/c1-7-19-43-35(13-1)36-14-2-8-20-44(36)52(43)31-25-27-33-34-28-26-32(53-45-21-9-3-15-37(45)38-16-4-10-22-46(38)53)30-42(34)51(41(33)29-31)40-18-6-12-24-48(40)54-49-39-17-5-11-23-47(39)55-50(49)51/h1-30H. The third-order valence-electron chi connectivity index (χ3n) is 12.2. The number of nitrogens with zero attached hydrogens (tertiary/aromatic N) is 2. The Morgan fingerprint density at radius 3 is 1.35 bits per heavy atom. The maximum absolute atomic E-state index is 7.10. The fourth-order valence-corrected chi connectivity index (χ4v) is 9.98. The first-order valence-electron chi connectivity index (χ1n) is 18.8. The van der Waals surface area contributed by atoms with E-state index in [4.69, 9.17) is 9.15 Å². The Morgan fingerprint density at radius 2 is 0.818 bits per heavy atom. The van der Waals surface area contributed by atoms with Crippen LogP contribution in [0.3, 0.4) is 0 Å². The van der Waals surface area contributed by atoms with Gasteiger partial charge < -0.3 is 18.3 Å².